The fraction of sp³-hybridized carbons (Fsp3) is 0.625. The normalized spacial score (nSPS) is 20.6. The molecule has 1 heterocycles. The van der Waals surface area contributed by atoms with Gasteiger partial charge in [0, 0.05) is 12.6 Å². The number of benzene rings is 1. The van der Waals surface area contributed by atoms with Crippen molar-refractivity contribution in [2.45, 2.75) is 46.6 Å². The third-order valence-corrected chi connectivity index (χ3v) is 3.72. The van der Waals surface area contributed by atoms with E-state index in [1.54, 1.807) is 0 Å². The Morgan fingerprint density at radius 3 is 2.33 bits per heavy atom. The van der Waals surface area contributed by atoms with E-state index in [4.69, 9.17) is 0 Å². The topological polar surface area (TPSA) is 38.2 Å². The largest absolute Gasteiger partial charge is 0.344 e. The van der Waals surface area contributed by atoms with Gasteiger partial charge in [-0.3, -0.25) is 4.90 Å². The van der Waals surface area contributed by atoms with E-state index < -0.39 is 0 Å². The van der Waals surface area contributed by atoms with Crippen LogP contribution in [0.4, 0.5) is 0 Å². The van der Waals surface area contributed by atoms with Crippen molar-refractivity contribution in [3.05, 3.63) is 35.9 Å². The Hall–Kier alpha value is -0.860. The smallest absolute Gasteiger partial charge is 0.0319 e. The Balaban J connectivity index is 0.000000917. The molecule has 1 saturated heterocycles. The molecule has 0 unspecified atom stereocenters. The first-order chi connectivity index (χ1) is 8.31. The number of hydrogen-bond donors (Lipinski definition) is 1. The van der Waals surface area contributed by atoms with Gasteiger partial charge in [0.2, 0.25) is 0 Å². The molecule has 104 valence electrons. The third kappa shape index (κ3) is 4.43. The highest BCUT2D eigenvalue weighted by molar-refractivity contribution is 5.18. The van der Waals surface area contributed by atoms with Gasteiger partial charge >= 0.3 is 0 Å². The van der Waals surface area contributed by atoms with Crippen LogP contribution in [0.25, 0.3) is 0 Å². The van der Waals surface area contributed by atoms with Gasteiger partial charge in [0.15, 0.2) is 0 Å². The van der Waals surface area contributed by atoms with Crippen LogP contribution < -0.4 is 6.15 Å². The molecular weight excluding hydrogens is 220 g/mol. The zero-order valence-corrected chi connectivity index (χ0v) is 12.5. The van der Waals surface area contributed by atoms with E-state index in [9.17, 15) is 0 Å². The second-order valence-corrected chi connectivity index (χ2v) is 4.64. The Morgan fingerprint density at radius 1 is 1.22 bits per heavy atom. The summed E-state index contributed by atoms with van der Waals surface area (Å²) in [5, 5.41) is 0. The molecule has 3 N–H and O–H groups in total. The third-order valence-electron chi connectivity index (χ3n) is 3.72. The molecule has 0 aliphatic carbocycles. The number of likely N-dealkylation sites (tertiary alicyclic amines) is 1. The van der Waals surface area contributed by atoms with Crippen molar-refractivity contribution < 1.29 is 0 Å². The summed E-state index contributed by atoms with van der Waals surface area (Å²) in [4.78, 5) is 2.61. The Morgan fingerprint density at radius 2 is 1.83 bits per heavy atom. The average Bonchev–Trinajstić information content (AvgIpc) is 2.90. The highest BCUT2D eigenvalue weighted by atomic mass is 15.2. The predicted molar refractivity (Wildman–Crippen MR) is 81.2 cm³/mol. The summed E-state index contributed by atoms with van der Waals surface area (Å²) in [6.07, 6.45) is 2.71. The maximum absolute atomic E-state index is 2.61. The van der Waals surface area contributed by atoms with Crippen LogP contribution in [0, 0.1) is 5.92 Å². The first-order valence-corrected chi connectivity index (χ1v) is 7.10. The van der Waals surface area contributed by atoms with Crippen molar-refractivity contribution in [2.75, 3.05) is 13.1 Å². The predicted octanol–water partition coefficient (Wildman–Crippen LogP) is 4.67. The molecule has 0 radical (unpaired) electrons. The monoisotopic (exact) mass is 250 g/mol. The zero-order valence-electron chi connectivity index (χ0n) is 12.5. The fourth-order valence-corrected chi connectivity index (χ4v) is 2.49. The van der Waals surface area contributed by atoms with Gasteiger partial charge in [-0.15, -0.1) is 0 Å². The van der Waals surface area contributed by atoms with E-state index in [1.807, 2.05) is 13.8 Å². The fourth-order valence-electron chi connectivity index (χ4n) is 2.49. The minimum absolute atomic E-state index is 0. The summed E-state index contributed by atoms with van der Waals surface area (Å²) in [6, 6.07) is 11.4. The Labute approximate surface area is 113 Å². The molecule has 0 bridgehead atoms. The van der Waals surface area contributed by atoms with Crippen LogP contribution in [0.2, 0.25) is 0 Å². The number of nitrogens with zero attached hydrogens (tertiary/aromatic N) is 1. The number of rotatable bonds is 3. The van der Waals surface area contributed by atoms with E-state index >= 15 is 0 Å². The highest BCUT2D eigenvalue weighted by Crippen LogP contribution is 2.28. The summed E-state index contributed by atoms with van der Waals surface area (Å²) in [7, 11) is 0. The molecule has 18 heavy (non-hydrogen) atoms. The average molecular weight is 250 g/mol. The van der Waals surface area contributed by atoms with E-state index in [1.165, 1.54) is 31.5 Å². The van der Waals surface area contributed by atoms with Crippen LogP contribution in [-0.4, -0.2) is 18.0 Å². The first kappa shape index (κ1) is 17.1. The van der Waals surface area contributed by atoms with Gasteiger partial charge in [-0.25, -0.2) is 0 Å². The second kappa shape index (κ2) is 9.12. The van der Waals surface area contributed by atoms with Gasteiger partial charge in [0.1, 0.15) is 0 Å². The SMILES string of the molecule is CC.CC[C@H]1CCN([C@@H](C)c2ccccc2)C1.N. The van der Waals surface area contributed by atoms with Gasteiger partial charge in [-0.05, 0) is 31.4 Å². The molecule has 2 nitrogen and oxygen atoms in total. The van der Waals surface area contributed by atoms with Crippen molar-refractivity contribution in [1.82, 2.24) is 11.1 Å². The molecule has 0 amide bonds. The minimum atomic E-state index is 0. The van der Waals surface area contributed by atoms with Crippen molar-refractivity contribution >= 4 is 0 Å². The maximum atomic E-state index is 2.61. The molecule has 0 aromatic heterocycles. The van der Waals surface area contributed by atoms with E-state index in [2.05, 4.69) is 49.1 Å². The van der Waals surface area contributed by atoms with Crippen LogP contribution in [-0.2, 0) is 0 Å². The van der Waals surface area contributed by atoms with E-state index in [0.717, 1.165) is 5.92 Å². The molecule has 0 spiro atoms. The van der Waals surface area contributed by atoms with Crippen molar-refractivity contribution in [3.8, 4) is 0 Å². The Bertz CT molecular complexity index is 297. The van der Waals surface area contributed by atoms with Crippen LogP contribution in [0.3, 0.4) is 0 Å². The number of hydrogen-bond acceptors (Lipinski definition) is 2. The van der Waals surface area contributed by atoms with Crippen molar-refractivity contribution in [2.24, 2.45) is 5.92 Å². The van der Waals surface area contributed by atoms with E-state index in [-0.39, 0.29) is 6.15 Å². The van der Waals surface area contributed by atoms with Crippen molar-refractivity contribution in [1.29, 1.82) is 0 Å². The molecule has 1 aliphatic rings. The summed E-state index contributed by atoms with van der Waals surface area (Å²) >= 11 is 0. The first-order valence-electron chi connectivity index (χ1n) is 7.10. The Kier molecular flexibility index (Phi) is 8.69. The minimum Gasteiger partial charge on any atom is -0.344 e. The lowest BCUT2D eigenvalue weighted by atomic mass is 10.1. The van der Waals surface area contributed by atoms with Crippen LogP contribution in [0.5, 0.6) is 0 Å². The molecule has 1 aromatic rings. The van der Waals surface area contributed by atoms with Gasteiger partial charge in [0.25, 0.3) is 0 Å². The van der Waals surface area contributed by atoms with Crippen LogP contribution in [0.15, 0.2) is 30.3 Å². The zero-order chi connectivity index (χ0) is 12.7. The standard InChI is InChI=1S/C14H21N.C2H6.H3N/c1-3-13-9-10-15(11-13)12(2)14-7-5-4-6-8-14;1-2;/h4-8,12-13H,3,9-11H2,1-2H3;1-2H3;1H3/t12-,13-;;/m0../s1. The van der Waals surface area contributed by atoms with Crippen LogP contribution >= 0.6 is 0 Å². The van der Waals surface area contributed by atoms with Gasteiger partial charge in [-0.1, -0.05) is 57.5 Å². The lowest BCUT2D eigenvalue weighted by Gasteiger charge is -2.24. The van der Waals surface area contributed by atoms with Gasteiger partial charge < -0.3 is 6.15 Å². The van der Waals surface area contributed by atoms with Crippen molar-refractivity contribution in [3.63, 3.8) is 0 Å². The molecule has 2 atom stereocenters. The van der Waals surface area contributed by atoms with Gasteiger partial charge in [-0.2, -0.15) is 0 Å². The van der Waals surface area contributed by atoms with E-state index in [0.29, 0.717) is 6.04 Å². The molecule has 1 aromatic carbocycles. The molecule has 1 fully saturated rings. The molecule has 0 saturated carbocycles. The molecule has 2 heteroatoms. The summed E-state index contributed by atoms with van der Waals surface area (Å²) in [6.45, 7) is 11.2. The highest BCUT2D eigenvalue weighted by Gasteiger charge is 2.25. The molecule has 2 rings (SSSR count). The van der Waals surface area contributed by atoms with Crippen LogP contribution in [0.1, 0.15) is 52.1 Å². The summed E-state index contributed by atoms with van der Waals surface area (Å²) < 4.78 is 0. The molecular formula is C16H30N2. The summed E-state index contributed by atoms with van der Waals surface area (Å²) in [5.74, 6) is 0.927. The van der Waals surface area contributed by atoms with Gasteiger partial charge in [0.05, 0.1) is 0 Å². The summed E-state index contributed by atoms with van der Waals surface area (Å²) in [5.41, 5.74) is 1.45. The molecule has 1 aliphatic heterocycles. The quantitative estimate of drug-likeness (QED) is 0.846. The lowest BCUT2D eigenvalue weighted by Crippen LogP contribution is -2.24. The maximum Gasteiger partial charge on any atom is 0.0319 e. The second-order valence-electron chi connectivity index (χ2n) is 4.64. The lowest BCUT2D eigenvalue weighted by molar-refractivity contribution is 0.252.